The first kappa shape index (κ1) is 22.4. The van der Waals surface area contributed by atoms with E-state index >= 15 is 0 Å². The van der Waals surface area contributed by atoms with E-state index in [9.17, 15) is 14.3 Å². The van der Waals surface area contributed by atoms with E-state index in [-0.39, 0.29) is 30.7 Å². The number of hydrogen-bond acceptors (Lipinski definition) is 6. The second kappa shape index (κ2) is 9.52. The first-order chi connectivity index (χ1) is 13.8. The number of rotatable bonds is 10. The molecule has 0 spiro atoms. The Bertz CT molecular complexity index is 874. The maximum Gasteiger partial charge on any atom is 0.206 e. The van der Waals surface area contributed by atoms with E-state index in [0.29, 0.717) is 22.8 Å². The normalized spacial score (nSPS) is 12.8. The highest BCUT2D eigenvalue weighted by atomic mass is 19.1. The number of Topliss-reactive ketones (excluding diaryl/α,β-unsaturated/α-hetero) is 1. The Morgan fingerprint density at radius 3 is 2.17 bits per heavy atom. The summed E-state index contributed by atoms with van der Waals surface area (Å²) in [6, 6.07) is 9.16. The highest BCUT2D eigenvalue weighted by Crippen LogP contribution is 2.39. The number of methoxy groups -OCH3 is 3. The highest BCUT2D eigenvalue weighted by Gasteiger charge is 2.32. The molecule has 0 aliphatic heterocycles. The van der Waals surface area contributed by atoms with Gasteiger partial charge in [0.2, 0.25) is 11.5 Å². The Hall–Kier alpha value is -2.93. The van der Waals surface area contributed by atoms with Gasteiger partial charge in [-0.25, -0.2) is 4.39 Å². The maximum absolute atomic E-state index is 14.4. The molecule has 2 rings (SSSR count). The molecule has 7 heteroatoms. The first-order valence-corrected chi connectivity index (χ1v) is 9.09. The molecule has 0 fully saturated rings. The van der Waals surface area contributed by atoms with Crippen molar-refractivity contribution in [3.8, 4) is 17.2 Å². The standard InChI is InChI=1S/C22H26FNO5/c1-22(9-10-25,15-7-5-6-8-16(15)23)13-17(24)20(26)14-11-18(27-2)21(29-4)19(12-14)28-3/h5-8,11-12,24-25H,9-10,13H2,1-4H3. The summed E-state index contributed by atoms with van der Waals surface area (Å²) in [4.78, 5) is 12.9. The van der Waals surface area contributed by atoms with E-state index in [2.05, 4.69) is 0 Å². The van der Waals surface area contributed by atoms with E-state index in [1.807, 2.05) is 0 Å². The summed E-state index contributed by atoms with van der Waals surface area (Å²) in [5.74, 6) is -0.0266. The molecule has 0 heterocycles. The Morgan fingerprint density at radius 1 is 1.10 bits per heavy atom. The molecule has 0 aromatic heterocycles. The third-order valence-corrected chi connectivity index (χ3v) is 4.96. The third kappa shape index (κ3) is 4.74. The van der Waals surface area contributed by atoms with Crippen molar-refractivity contribution >= 4 is 11.5 Å². The fraction of sp³-hybridized carbons (Fsp3) is 0.364. The molecule has 2 N–H and O–H groups in total. The molecule has 0 radical (unpaired) electrons. The Labute approximate surface area is 169 Å². The second-order valence-electron chi connectivity index (χ2n) is 6.91. The SMILES string of the molecule is COc1cc(C(=O)C(=N)CC(C)(CCO)c2ccccc2F)cc(OC)c1OC. The lowest BCUT2D eigenvalue weighted by Gasteiger charge is -2.30. The summed E-state index contributed by atoms with van der Waals surface area (Å²) >= 11 is 0. The van der Waals surface area contributed by atoms with Gasteiger partial charge in [0.25, 0.3) is 0 Å². The van der Waals surface area contributed by atoms with Crippen LogP contribution in [0.1, 0.15) is 35.7 Å². The van der Waals surface area contributed by atoms with Crippen LogP contribution >= 0.6 is 0 Å². The lowest BCUT2D eigenvalue weighted by molar-refractivity contribution is 0.105. The molecule has 6 nitrogen and oxygen atoms in total. The predicted octanol–water partition coefficient (Wildman–Crippen LogP) is 3.78. The Balaban J connectivity index is 2.38. The van der Waals surface area contributed by atoms with Gasteiger partial charge in [-0.3, -0.25) is 4.79 Å². The van der Waals surface area contributed by atoms with Crippen molar-refractivity contribution in [2.45, 2.75) is 25.2 Å². The van der Waals surface area contributed by atoms with Crippen LogP contribution in [0.4, 0.5) is 4.39 Å². The second-order valence-corrected chi connectivity index (χ2v) is 6.91. The van der Waals surface area contributed by atoms with Crippen LogP contribution in [-0.4, -0.2) is 44.5 Å². The van der Waals surface area contributed by atoms with Gasteiger partial charge in [-0.2, -0.15) is 0 Å². The Kier molecular flexibility index (Phi) is 7.34. The lowest BCUT2D eigenvalue weighted by Crippen LogP contribution is -2.31. The lowest BCUT2D eigenvalue weighted by atomic mass is 9.74. The molecule has 0 saturated carbocycles. The van der Waals surface area contributed by atoms with E-state index in [4.69, 9.17) is 19.6 Å². The van der Waals surface area contributed by atoms with E-state index in [0.717, 1.165) is 0 Å². The van der Waals surface area contributed by atoms with Crippen LogP contribution in [0.15, 0.2) is 36.4 Å². The van der Waals surface area contributed by atoms with Crippen molar-refractivity contribution < 1.29 is 28.5 Å². The number of nitrogens with one attached hydrogen (secondary N) is 1. The van der Waals surface area contributed by atoms with Gasteiger partial charge in [0, 0.05) is 24.0 Å². The smallest absolute Gasteiger partial charge is 0.206 e. The molecule has 1 unspecified atom stereocenters. The predicted molar refractivity (Wildman–Crippen MR) is 108 cm³/mol. The summed E-state index contributed by atoms with van der Waals surface area (Å²) in [5, 5.41) is 17.9. The van der Waals surface area contributed by atoms with Crippen LogP contribution in [-0.2, 0) is 5.41 Å². The fourth-order valence-electron chi connectivity index (χ4n) is 3.37. The molecule has 0 aliphatic rings. The van der Waals surface area contributed by atoms with Crippen LogP contribution in [0, 0.1) is 11.2 Å². The number of carbonyl (C=O) groups is 1. The topological polar surface area (TPSA) is 88.8 Å². The van der Waals surface area contributed by atoms with Crippen molar-refractivity contribution in [3.05, 3.63) is 53.3 Å². The number of ether oxygens (including phenoxy) is 3. The van der Waals surface area contributed by atoms with Gasteiger partial charge in [-0.15, -0.1) is 0 Å². The van der Waals surface area contributed by atoms with Crippen molar-refractivity contribution in [2.24, 2.45) is 0 Å². The maximum atomic E-state index is 14.4. The number of ketones is 1. The molecule has 2 aromatic carbocycles. The zero-order chi connectivity index (χ0) is 21.6. The van der Waals surface area contributed by atoms with Crippen molar-refractivity contribution in [1.29, 1.82) is 5.41 Å². The monoisotopic (exact) mass is 403 g/mol. The fourth-order valence-corrected chi connectivity index (χ4v) is 3.37. The minimum absolute atomic E-state index is 0.0377. The minimum atomic E-state index is -0.909. The average molecular weight is 403 g/mol. The number of carbonyl (C=O) groups excluding carboxylic acids is 1. The van der Waals surface area contributed by atoms with Crippen LogP contribution < -0.4 is 14.2 Å². The molecular weight excluding hydrogens is 377 g/mol. The average Bonchev–Trinajstić information content (AvgIpc) is 2.72. The number of halogens is 1. The van der Waals surface area contributed by atoms with Gasteiger partial charge in [0.15, 0.2) is 11.5 Å². The molecule has 0 saturated heterocycles. The van der Waals surface area contributed by atoms with Crippen LogP contribution in [0.2, 0.25) is 0 Å². The van der Waals surface area contributed by atoms with Crippen molar-refractivity contribution in [3.63, 3.8) is 0 Å². The molecule has 0 bridgehead atoms. The minimum Gasteiger partial charge on any atom is -0.493 e. The first-order valence-electron chi connectivity index (χ1n) is 9.09. The molecule has 2 aromatic rings. The summed E-state index contributed by atoms with van der Waals surface area (Å²) < 4.78 is 30.2. The molecule has 156 valence electrons. The van der Waals surface area contributed by atoms with Gasteiger partial charge in [-0.05, 0) is 30.2 Å². The molecule has 0 aliphatic carbocycles. The molecular formula is C22H26FNO5. The van der Waals surface area contributed by atoms with Gasteiger partial charge >= 0.3 is 0 Å². The van der Waals surface area contributed by atoms with Crippen LogP contribution in [0.25, 0.3) is 0 Å². The number of aliphatic hydroxyl groups excluding tert-OH is 1. The number of benzene rings is 2. The summed E-state index contributed by atoms with van der Waals surface area (Å²) in [6.07, 6.45) is 0.169. The van der Waals surface area contributed by atoms with E-state index < -0.39 is 17.0 Å². The summed E-state index contributed by atoms with van der Waals surface area (Å²) in [7, 11) is 4.33. The van der Waals surface area contributed by atoms with Crippen LogP contribution in [0.5, 0.6) is 17.2 Å². The largest absolute Gasteiger partial charge is 0.493 e. The summed E-state index contributed by atoms with van der Waals surface area (Å²) in [5.41, 5.74) is -0.563. The number of aliphatic hydroxyl groups is 1. The molecule has 29 heavy (non-hydrogen) atoms. The van der Waals surface area contributed by atoms with Crippen molar-refractivity contribution in [1.82, 2.24) is 0 Å². The highest BCUT2D eigenvalue weighted by molar-refractivity contribution is 6.45. The summed E-state index contributed by atoms with van der Waals surface area (Å²) in [6.45, 7) is 1.54. The van der Waals surface area contributed by atoms with Crippen molar-refractivity contribution in [2.75, 3.05) is 27.9 Å². The third-order valence-electron chi connectivity index (χ3n) is 4.96. The van der Waals surface area contributed by atoms with Crippen LogP contribution in [0.3, 0.4) is 0 Å². The number of hydrogen-bond donors (Lipinski definition) is 2. The molecule has 1 atom stereocenters. The Morgan fingerprint density at radius 2 is 1.69 bits per heavy atom. The van der Waals surface area contributed by atoms with E-state index in [1.165, 1.54) is 39.5 Å². The van der Waals surface area contributed by atoms with Gasteiger partial charge in [-0.1, -0.05) is 25.1 Å². The zero-order valence-electron chi connectivity index (χ0n) is 17.0. The van der Waals surface area contributed by atoms with E-state index in [1.54, 1.807) is 25.1 Å². The quantitative estimate of drug-likeness (QED) is 0.465. The molecule has 0 amide bonds. The van der Waals surface area contributed by atoms with Gasteiger partial charge < -0.3 is 24.7 Å². The zero-order valence-corrected chi connectivity index (χ0v) is 17.0. The van der Waals surface area contributed by atoms with Gasteiger partial charge in [0.1, 0.15) is 5.82 Å². The van der Waals surface area contributed by atoms with Gasteiger partial charge in [0.05, 0.1) is 27.0 Å².